The molecule has 0 bridgehead atoms. The Morgan fingerprint density at radius 3 is 2.89 bits per heavy atom. The second kappa shape index (κ2) is 4.90. The molecule has 3 rings (SSSR count). The molecule has 2 aromatic heterocycles. The van der Waals surface area contributed by atoms with Gasteiger partial charge in [0.15, 0.2) is 0 Å². The van der Waals surface area contributed by atoms with Crippen molar-refractivity contribution in [3.8, 4) is 11.3 Å². The lowest BCUT2D eigenvalue weighted by Crippen LogP contribution is -1.96. The van der Waals surface area contributed by atoms with E-state index in [1.807, 2.05) is 24.5 Å². The number of benzene rings is 1. The van der Waals surface area contributed by atoms with Crippen LogP contribution in [0.15, 0.2) is 43.0 Å². The molecule has 0 saturated carbocycles. The van der Waals surface area contributed by atoms with Crippen molar-refractivity contribution in [2.24, 2.45) is 0 Å². The van der Waals surface area contributed by atoms with Crippen LogP contribution >= 0.6 is 12.2 Å². The summed E-state index contributed by atoms with van der Waals surface area (Å²) >= 11 is 5.31. The van der Waals surface area contributed by atoms with Crippen molar-refractivity contribution in [2.75, 3.05) is 0 Å². The fourth-order valence-electron chi connectivity index (χ4n) is 2.31. The van der Waals surface area contributed by atoms with Gasteiger partial charge in [-0.15, -0.1) is 0 Å². The fraction of sp³-hybridized carbons (Fsp3) is 0.133. The third-order valence-electron chi connectivity index (χ3n) is 3.24. The first kappa shape index (κ1) is 12.0. The van der Waals surface area contributed by atoms with E-state index in [0.717, 1.165) is 28.6 Å². The van der Waals surface area contributed by atoms with Gasteiger partial charge in [0, 0.05) is 28.9 Å². The molecule has 1 N–H and O–H groups in total. The van der Waals surface area contributed by atoms with Crippen molar-refractivity contribution in [1.82, 2.24) is 15.0 Å². The van der Waals surface area contributed by atoms with E-state index in [2.05, 4.69) is 34.0 Å². The number of aromatic nitrogens is 3. The van der Waals surface area contributed by atoms with Gasteiger partial charge in [0.05, 0.1) is 12.0 Å². The maximum Gasteiger partial charge on any atom is 0.133 e. The lowest BCUT2D eigenvalue weighted by atomic mass is 10.0. The highest BCUT2D eigenvalue weighted by Gasteiger charge is 2.10. The molecule has 0 radical (unpaired) electrons. The van der Waals surface area contributed by atoms with E-state index in [1.165, 1.54) is 5.39 Å². The third kappa shape index (κ3) is 2.04. The molecule has 0 saturated heterocycles. The summed E-state index contributed by atoms with van der Waals surface area (Å²) in [6.45, 7) is 2.09. The van der Waals surface area contributed by atoms with Gasteiger partial charge < -0.3 is 4.98 Å². The highest BCUT2D eigenvalue weighted by atomic mass is 32.1. The maximum absolute atomic E-state index is 5.31. The highest BCUT2D eigenvalue weighted by molar-refractivity contribution is 7.71. The third-order valence-corrected chi connectivity index (χ3v) is 3.59. The molecule has 0 atom stereocenters. The molecular weight excluding hydrogens is 254 g/mol. The van der Waals surface area contributed by atoms with Crippen molar-refractivity contribution in [2.45, 2.75) is 13.3 Å². The van der Waals surface area contributed by atoms with Crippen LogP contribution in [0.5, 0.6) is 0 Å². The SMILES string of the molecule is CCc1c(-c2cncc3ccccc23)[nH]cnc1=S. The second-order valence-electron chi connectivity index (χ2n) is 4.32. The van der Waals surface area contributed by atoms with Crippen LogP contribution in [0.4, 0.5) is 0 Å². The average molecular weight is 267 g/mol. The summed E-state index contributed by atoms with van der Waals surface area (Å²) in [4.78, 5) is 11.7. The van der Waals surface area contributed by atoms with Crippen LogP contribution in [0, 0.1) is 4.64 Å². The first-order chi connectivity index (χ1) is 9.31. The van der Waals surface area contributed by atoms with E-state index in [0.29, 0.717) is 4.64 Å². The van der Waals surface area contributed by atoms with Gasteiger partial charge in [-0.05, 0) is 11.8 Å². The summed E-state index contributed by atoms with van der Waals surface area (Å²) in [6.07, 6.45) is 6.25. The number of nitrogens with one attached hydrogen (secondary N) is 1. The molecule has 0 fully saturated rings. The van der Waals surface area contributed by atoms with Gasteiger partial charge in [-0.3, -0.25) is 4.98 Å². The van der Waals surface area contributed by atoms with E-state index >= 15 is 0 Å². The Hall–Kier alpha value is -2.07. The van der Waals surface area contributed by atoms with Crippen LogP contribution in [0.3, 0.4) is 0 Å². The number of H-pyrrole nitrogens is 1. The van der Waals surface area contributed by atoms with Gasteiger partial charge in [0.25, 0.3) is 0 Å². The summed E-state index contributed by atoms with van der Waals surface area (Å²) < 4.78 is 0.657. The Bertz CT molecular complexity index is 787. The minimum absolute atomic E-state index is 0.657. The smallest absolute Gasteiger partial charge is 0.133 e. The minimum Gasteiger partial charge on any atom is -0.345 e. The molecule has 3 aromatic rings. The molecule has 94 valence electrons. The number of hydrogen-bond donors (Lipinski definition) is 1. The van der Waals surface area contributed by atoms with Crippen LogP contribution in [-0.4, -0.2) is 15.0 Å². The highest BCUT2D eigenvalue weighted by Crippen LogP contribution is 2.28. The summed E-state index contributed by atoms with van der Waals surface area (Å²) in [7, 11) is 0. The van der Waals surface area contributed by atoms with Crippen molar-refractivity contribution >= 4 is 23.0 Å². The van der Waals surface area contributed by atoms with E-state index in [4.69, 9.17) is 12.2 Å². The van der Waals surface area contributed by atoms with Crippen molar-refractivity contribution in [3.63, 3.8) is 0 Å². The van der Waals surface area contributed by atoms with Gasteiger partial charge in [-0.25, -0.2) is 4.98 Å². The Labute approximate surface area is 116 Å². The first-order valence-corrected chi connectivity index (χ1v) is 6.61. The molecule has 4 heteroatoms. The first-order valence-electron chi connectivity index (χ1n) is 6.21. The number of rotatable bonds is 2. The van der Waals surface area contributed by atoms with Crippen molar-refractivity contribution in [1.29, 1.82) is 0 Å². The predicted molar refractivity (Wildman–Crippen MR) is 79.5 cm³/mol. The standard InChI is InChI=1S/C15H13N3S/c1-2-11-14(17-9-18-15(11)19)13-8-16-7-10-5-3-4-6-12(10)13/h3-9H,2H2,1H3,(H,17,18,19). The van der Waals surface area contributed by atoms with E-state index < -0.39 is 0 Å². The maximum atomic E-state index is 5.31. The van der Waals surface area contributed by atoms with Gasteiger partial charge >= 0.3 is 0 Å². The van der Waals surface area contributed by atoms with Crippen LogP contribution in [-0.2, 0) is 6.42 Å². The van der Waals surface area contributed by atoms with Gasteiger partial charge in [-0.1, -0.05) is 43.4 Å². The lowest BCUT2D eigenvalue weighted by molar-refractivity contribution is 1.04. The normalized spacial score (nSPS) is 10.8. The molecule has 0 aliphatic carbocycles. The summed E-state index contributed by atoms with van der Waals surface area (Å²) in [6, 6.07) is 8.22. The van der Waals surface area contributed by atoms with Crippen LogP contribution < -0.4 is 0 Å². The van der Waals surface area contributed by atoms with E-state index in [-0.39, 0.29) is 0 Å². The molecule has 0 aliphatic rings. The Morgan fingerprint density at radius 1 is 1.21 bits per heavy atom. The van der Waals surface area contributed by atoms with Crippen molar-refractivity contribution < 1.29 is 0 Å². The zero-order valence-electron chi connectivity index (χ0n) is 10.6. The summed E-state index contributed by atoms with van der Waals surface area (Å²) in [5.41, 5.74) is 3.16. The van der Waals surface area contributed by atoms with E-state index in [1.54, 1.807) is 6.33 Å². The molecule has 2 heterocycles. The zero-order chi connectivity index (χ0) is 13.2. The fourth-order valence-corrected chi connectivity index (χ4v) is 2.61. The molecule has 1 aromatic carbocycles. The number of pyridine rings is 1. The van der Waals surface area contributed by atoms with Crippen LogP contribution in [0.1, 0.15) is 12.5 Å². The Balaban J connectivity index is 2.37. The zero-order valence-corrected chi connectivity index (χ0v) is 11.4. The van der Waals surface area contributed by atoms with Crippen molar-refractivity contribution in [3.05, 3.63) is 53.2 Å². The molecule has 3 nitrogen and oxygen atoms in total. The lowest BCUT2D eigenvalue weighted by Gasteiger charge is -2.10. The molecular formula is C15H13N3S. The average Bonchev–Trinajstić information content (AvgIpc) is 2.46. The molecule has 0 unspecified atom stereocenters. The molecule has 0 spiro atoms. The topological polar surface area (TPSA) is 41.6 Å². The van der Waals surface area contributed by atoms with Gasteiger partial charge in [-0.2, -0.15) is 0 Å². The molecule has 0 amide bonds. The van der Waals surface area contributed by atoms with Crippen LogP contribution in [0.25, 0.3) is 22.0 Å². The second-order valence-corrected chi connectivity index (χ2v) is 4.71. The number of hydrogen-bond acceptors (Lipinski definition) is 3. The Morgan fingerprint density at radius 2 is 2.05 bits per heavy atom. The van der Waals surface area contributed by atoms with Crippen LogP contribution in [0.2, 0.25) is 0 Å². The predicted octanol–water partition coefficient (Wildman–Crippen LogP) is 3.92. The van der Waals surface area contributed by atoms with E-state index in [9.17, 15) is 0 Å². The van der Waals surface area contributed by atoms with Gasteiger partial charge in [0.2, 0.25) is 0 Å². The number of fused-ring (bicyclic) bond motifs is 1. The quantitative estimate of drug-likeness (QED) is 0.716. The van der Waals surface area contributed by atoms with Gasteiger partial charge in [0.1, 0.15) is 4.64 Å². The molecule has 19 heavy (non-hydrogen) atoms. The minimum atomic E-state index is 0.657. The monoisotopic (exact) mass is 267 g/mol. The molecule has 0 aliphatic heterocycles. The number of nitrogens with zero attached hydrogens (tertiary/aromatic N) is 2. The largest absolute Gasteiger partial charge is 0.345 e. The summed E-state index contributed by atoms with van der Waals surface area (Å²) in [5.74, 6) is 0. The number of aromatic amines is 1. The summed E-state index contributed by atoms with van der Waals surface area (Å²) in [5, 5.41) is 2.29. The Kier molecular flexibility index (Phi) is 3.09.